The van der Waals surface area contributed by atoms with Crippen LogP contribution in [0, 0.1) is 5.41 Å². The molecule has 2 atom stereocenters. The molecule has 0 aliphatic carbocycles. The fourth-order valence-corrected chi connectivity index (χ4v) is 3.23. The van der Waals surface area contributed by atoms with Crippen LogP contribution in [0.25, 0.3) is 0 Å². The molecule has 0 radical (unpaired) electrons. The summed E-state index contributed by atoms with van der Waals surface area (Å²) in [5.74, 6) is 0. The van der Waals surface area contributed by atoms with Gasteiger partial charge in [-0.05, 0) is 49.3 Å². The summed E-state index contributed by atoms with van der Waals surface area (Å²) in [6, 6.07) is 9.32. The Morgan fingerprint density at radius 3 is 2.75 bits per heavy atom. The van der Waals surface area contributed by atoms with Crippen molar-refractivity contribution in [1.82, 2.24) is 5.32 Å². The molecule has 0 spiro atoms. The molecule has 1 aromatic rings. The van der Waals surface area contributed by atoms with E-state index in [1.807, 2.05) is 0 Å². The molecule has 1 aliphatic heterocycles. The molecule has 1 heterocycles. The Hall–Kier alpha value is -0.860. The summed E-state index contributed by atoms with van der Waals surface area (Å²) in [6.45, 7) is 7.79. The number of benzene rings is 1. The molecule has 0 saturated heterocycles. The van der Waals surface area contributed by atoms with Gasteiger partial charge in [0, 0.05) is 6.04 Å². The first-order valence-corrected chi connectivity index (χ1v) is 7.89. The molecule has 112 valence electrons. The van der Waals surface area contributed by atoms with Crippen LogP contribution in [0.5, 0.6) is 0 Å². The molecular formula is C18H29NO. The van der Waals surface area contributed by atoms with Crippen LogP contribution >= 0.6 is 0 Å². The number of hydrogen-bond donors (Lipinski definition) is 1. The minimum Gasteiger partial charge on any atom is -0.373 e. The van der Waals surface area contributed by atoms with E-state index in [0.29, 0.717) is 17.6 Å². The zero-order chi connectivity index (χ0) is 14.6. The van der Waals surface area contributed by atoms with Crippen LogP contribution < -0.4 is 5.32 Å². The van der Waals surface area contributed by atoms with E-state index in [1.54, 1.807) is 0 Å². The highest BCUT2D eigenvalue weighted by atomic mass is 16.5. The van der Waals surface area contributed by atoms with Crippen LogP contribution in [0.1, 0.15) is 57.3 Å². The summed E-state index contributed by atoms with van der Waals surface area (Å²) >= 11 is 0. The van der Waals surface area contributed by atoms with Gasteiger partial charge < -0.3 is 10.1 Å². The molecule has 0 fully saturated rings. The lowest BCUT2D eigenvalue weighted by Crippen LogP contribution is -2.37. The van der Waals surface area contributed by atoms with Gasteiger partial charge in [0.2, 0.25) is 0 Å². The molecule has 2 nitrogen and oxygen atoms in total. The van der Waals surface area contributed by atoms with Crippen LogP contribution in [-0.4, -0.2) is 19.7 Å². The maximum absolute atomic E-state index is 5.99. The predicted molar refractivity (Wildman–Crippen MR) is 85.0 cm³/mol. The Morgan fingerprint density at radius 1 is 1.30 bits per heavy atom. The van der Waals surface area contributed by atoms with E-state index < -0.39 is 0 Å². The van der Waals surface area contributed by atoms with E-state index in [9.17, 15) is 0 Å². The lowest BCUT2D eigenvalue weighted by Gasteiger charge is -2.31. The van der Waals surface area contributed by atoms with Crippen molar-refractivity contribution in [3.8, 4) is 0 Å². The second-order valence-corrected chi connectivity index (χ2v) is 6.95. The molecule has 0 amide bonds. The second-order valence-electron chi connectivity index (χ2n) is 6.95. The molecule has 0 bridgehead atoms. The SMILES string of the molecule is CNC(CCCC1OCCc2ccccc21)C(C)(C)C. The van der Waals surface area contributed by atoms with Crippen LogP contribution in [-0.2, 0) is 11.2 Å². The average Bonchev–Trinajstić information content (AvgIpc) is 2.42. The van der Waals surface area contributed by atoms with Gasteiger partial charge in [0.1, 0.15) is 0 Å². The zero-order valence-electron chi connectivity index (χ0n) is 13.4. The van der Waals surface area contributed by atoms with Crippen molar-refractivity contribution in [2.75, 3.05) is 13.7 Å². The maximum Gasteiger partial charge on any atom is 0.0827 e. The third-order valence-electron chi connectivity index (χ3n) is 4.45. The van der Waals surface area contributed by atoms with Crippen molar-refractivity contribution in [2.45, 2.75) is 58.6 Å². The van der Waals surface area contributed by atoms with Crippen LogP contribution in [0.15, 0.2) is 24.3 Å². The van der Waals surface area contributed by atoms with Crippen molar-refractivity contribution in [3.05, 3.63) is 35.4 Å². The summed E-state index contributed by atoms with van der Waals surface area (Å²) in [7, 11) is 2.07. The van der Waals surface area contributed by atoms with E-state index in [-0.39, 0.29) is 0 Å². The predicted octanol–water partition coefficient (Wildman–Crippen LogP) is 4.10. The van der Waals surface area contributed by atoms with Crippen molar-refractivity contribution in [1.29, 1.82) is 0 Å². The molecule has 2 heteroatoms. The third kappa shape index (κ3) is 3.83. The number of ether oxygens (including phenoxy) is 1. The highest BCUT2D eigenvalue weighted by Gasteiger charge is 2.24. The standard InChI is InChI=1S/C18H29NO/c1-18(2,3)17(19-4)11-7-10-16-15-9-6-5-8-14(15)12-13-20-16/h5-6,8-9,16-17,19H,7,10-13H2,1-4H3. The molecule has 0 aromatic heterocycles. The fraction of sp³-hybridized carbons (Fsp3) is 0.667. The van der Waals surface area contributed by atoms with E-state index in [0.717, 1.165) is 19.4 Å². The first-order valence-electron chi connectivity index (χ1n) is 7.89. The Morgan fingerprint density at radius 2 is 2.05 bits per heavy atom. The molecule has 1 N–H and O–H groups in total. The van der Waals surface area contributed by atoms with Crippen molar-refractivity contribution < 1.29 is 4.74 Å². The van der Waals surface area contributed by atoms with Crippen molar-refractivity contribution in [3.63, 3.8) is 0 Å². The van der Waals surface area contributed by atoms with Crippen LogP contribution in [0.2, 0.25) is 0 Å². The monoisotopic (exact) mass is 275 g/mol. The highest BCUT2D eigenvalue weighted by Crippen LogP contribution is 2.32. The minimum absolute atomic E-state index is 0.303. The van der Waals surface area contributed by atoms with E-state index >= 15 is 0 Å². The molecule has 2 rings (SSSR count). The topological polar surface area (TPSA) is 21.3 Å². The van der Waals surface area contributed by atoms with E-state index in [1.165, 1.54) is 24.0 Å². The molecule has 1 aromatic carbocycles. The Labute approximate surface area is 123 Å². The summed E-state index contributed by atoms with van der Waals surface area (Å²) in [4.78, 5) is 0. The first-order chi connectivity index (χ1) is 9.52. The van der Waals surface area contributed by atoms with Gasteiger partial charge in [-0.25, -0.2) is 0 Å². The van der Waals surface area contributed by atoms with Gasteiger partial charge in [-0.1, -0.05) is 45.0 Å². The van der Waals surface area contributed by atoms with E-state index in [4.69, 9.17) is 4.74 Å². The maximum atomic E-state index is 5.99. The minimum atomic E-state index is 0.303. The van der Waals surface area contributed by atoms with Crippen molar-refractivity contribution in [2.24, 2.45) is 5.41 Å². The highest BCUT2D eigenvalue weighted by molar-refractivity contribution is 5.30. The lowest BCUT2D eigenvalue weighted by atomic mass is 9.83. The average molecular weight is 275 g/mol. The summed E-state index contributed by atoms with van der Waals surface area (Å²) in [5, 5.41) is 3.46. The van der Waals surface area contributed by atoms with Gasteiger partial charge in [0.25, 0.3) is 0 Å². The molecule has 2 unspecified atom stereocenters. The molecular weight excluding hydrogens is 246 g/mol. The lowest BCUT2D eigenvalue weighted by molar-refractivity contribution is 0.0337. The smallest absolute Gasteiger partial charge is 0.0827 e. The van der Waals surface area contributed by atoms with Gasteiger partial charge in [0.15, 0.2) is 0 Å². The Kier molecular flexibility index (Phi) is 5.22. The quantitative estimate of drug-likeness (QED) is 0.873. The Balaban J connectivity index is 1.89. The second kappa shape index (κ2) is 6.73. The van der Waals surface area contributed by atoms with Crippen LogP contribution in [0.3, 0.4) is 0 Å². The third-order valence-corrected chi connectivity index (χ3v) is 4.45. The van der Waals surface area contributed by atoms with Gasteiger partial charge in [-0.3, -0.25) is 0 Å². The first kappa shape index (κ1) is 15.5. The van der Waals surface area contributed by atoms with Gasteiger partial charge >= 0.3 is 0 Å². The van der Waals surface area contributed by atoms with Crippen LogP contribution in [0.4, 0.5) is 0 Å². The zero-order valence-corrected chi connectivity index (χ0v) is 13.4. The fourth-order valence-electron chi connectivity index (χ4n) is 3.23. The molecule has 20 heavy (non-hydrogen) atoms. The van der Waals surface area contributed by atoms with E-state index in [2.05, 4.69) is 57.4 Å². The Bertz CT molecular complexity index is 422. The van der Waals surface area contributed by atoms with Gasteiger partial charge in [-0.2, -0.15) is 0 Å². The summed E-state index contributed by atoms with van der Waals surface area (Å²) in [5.41, 5.74) is 3.21. The number of fused-ring (bicyclic) bond motifs is 1. The van der Waals surface area contributed by atoms with Gasteiger partial charge in [0.05, 0.1) is 12.7 Å². The van der Waals surface area contributed by atoms with Crippen molar-refractivity contribution >= 4 is 0 Å². The molecule has 0 saturated carbocycles. The van der Waals surface area contributed by atoms with Gasteiger partial charge in [-0.15, -0.1) is 0 Å². The number of hydrogen-bond acceptors (Lipinski definition) is 2. The number of nitrogens with one attached hydrogen (secondary N) is 1. The summed E-state index contributed by atoms with van der Waals surface area (Å²) < 4.78 is 5.99. The normalized spacial score (nSPS) is 20.5. The largest absolute Gasteiger partial charge is 0.373 e. The number of rotatable bonds is 5. The summed E-state index contributed by atoms with van der Waals surface area (Å²) in [6.07, 6.45) is 4.92. The molecule has 1 aliphatic rings.